The Kier molecular flexibility index (Phi) is 8.67. The zero-order valence-corrected chi connectivity index (χ0v) is 18.1. The number of nitrogens with two attached hydrogens (primary N) is 1. The minimum atomic E-state index is -3.54. The first-order chi connectivity index (χ1) is 12.6. The molecule has 2 aromatic carbocycles. The monoisotopic (exact) mass is 424 g/mol. The zero-order valence-electron chi connectivity index (χ0n) is 16.5. The van der Waals surface area contributed by atoms with Gasteiger partial charge >= 0.3 is 0 Å². The largest absolute Gasteiger partial charge is 0.346 e. The van der Waals surface area contributed by atoms with Gasteiger partial charge < -0.3 is 11.1 Å². The molecule has 1 amide bonds. The van der Waals surface area contributed by atoms with E-state index in [0.29, 0.717) is 23.6 Å². The summed E-state index contributed by atoms with van der Waals surface area (Å²) < 4.78 is 25.4. The molecular formula is C21H29ClN2O3S. The smallest absolute Gasteiger partial charge is 0.251 e. The molecule has 0 aliphatic rings. The minimum absolute atomic E-state index is 0. The molecule has 2 aromatic rings. The van der Waals surface area contributed by atoms with E-state index in [9.17, 15) is 13.2 Å². The van der Waals surface area contributed by atoms with E-state index in [1.54, 1.807) is 36.4 Å². The Morgan fingerprint density at radius 2 is 1.75 bits per heavy atom. The Hall–Kier alpha value is -1.89. The molecule has 1 atom stereocenters. The molecule has 1 unspecified atom stereocenters. The van der Waals surface area contributed by atoms with Gasteiger partial charge in [-0.05, 0) is 43.0 Å². The Balaban J connectivity index is 0.00000392. The van der Waals surface area contributed by atoms with Crippen molar-refractivity contribution < 1.29 is 13.2 Å². The SMILES string of the molecule is CC(C)CC(C)(CN)NC(=O)c1cccc(S(=O)(=O)Cc2ccccc2)c1.Cl. The second-order valence-corrected chi connectivity index (χ2v) is 9.58. The fourth-order valence-corrected chi connectivity index (χ4v) is 4.53. The van der Waals surface area contributed by atoms with Gasteiger partial charge in [0.15, 0.2) is 9.84 Å². The quantitative estimate of drug-likeness (QED) is 0.677. The van der Waals surface area contributed by atoms with Crippen LogP contribution in [0.5, 0.6) is 0 Å². The number of carbonyl (C=O) groups excluding carboxylic acids is 1. The average Bonchev–Trinajstić information content (AvgIpc) is 2.61. The highest BCUT2D eigenvalue weighted by molar-refractivity contribution is 7.90. The van der Waals surface area contributed by atoms with Gasteiger partial charge in [-0.25, -0.2) is 8.42 Å². The molecule has 0 saturated heterocycles. The third-order valence-corrected chi connectivity index (χ3v) is 6.06. The van der Waals surface area contributed by atoms with E-state index in [-0.39, 0.29) is 29.0 Å². The molecule has 0 heterocycles. The maximum atomic E-state index is 12.7. The van der Waals surface area contributed by atoms with Gasteiger partial charge in [-0.2, -0.15) is 0 Å². The van der Waals surface area contributed by atoms with Crippen LogP contribution in [0.1, 0.15) is 43.1 Å². The summed E-state index contributed by atoms with van der Waals surface area (Å²) in [5.41, 5.74) is 6.34. The lowest BCUT2D eigenvalue weighted by molar-refractivity contribution is 0.0898. The third kappa shape index (κ3) is 6.62. The Morgan fingerprint density at radius 1 is 1.11 bits per heavy atom. The van der Waals surface area contributed by atoms with E-state index in [2.05, 4.69) is 19.2 Å². The van der Waals surface area contributed by atoms with Gasteiger partial charge in [0.25, 0.3) is 5.91 Å². The first-order valence-corrected chi connectivity index (χ1v) is 10.7. The van der Waals surface area contributed by atoms with Crippen molar-refractivity contribution in [2.45, 2.75) is 43.4 Å². The summed E-state index contributed by atoms with van der Waals surface area (Å²) in [6.45, 7) is 6.34. The number of halogens is 1. The highest BCUT2D eigenvalue weighted by atomic mass is 35.5. The molecule has 5 nitrogen and oxygen atoms in total. The molecule has 2 rings (SSSR count). The van der Waals surface area contributed by atoms with Crippen molar-refractivity contribution in [1.82, 2.24) is 5.32 Å². The lowest BCUT2D eigenvalue weighted by Crippen LogP contribution is -2.52. The minimum Gasteiger partial charge on any atom is -0.346 e. The topological polar surface area (TPSA) is 89.3 Å². The van der Waals surface area contributed by atoms with Gasteiger partial charge in [0.2, 0.25) is 0 Å². The summed E-state index contributed by atoms with van der Waals surface area (Å²) in [5.74, 6) is -0.0518. The van der Waals surface area contributed by atoms with Gasteiger partial charge in [0, 0.05) is 17.6 Å². The average molecular weight is 425 g/mol. The number of hydrogen-bond donors (Lipinski definition) is 2. The van der Waals surface area contributed by atoms with E-state index in [1.807, 2.05) is 13.0 Å². The van der Waals surface area contributed by atoms with E-state index >= 15 is 0 Å². The predicted octanol–water partition coefficient (Wildman–Crippen LogP) is 3.58. The van der Waals surface area contributed by atoms with Crippen LogP contribution in [0.4, 0.5) is 0 Å². The lowest BCUT2D eigenvalue weighted by Gasteiger charge is -2.31. The van der Waals surface area contributed by atoms with Gasteiger partial charge in [-0.3, -0.25) is 4.79 Å². The first kappa shape index (κ1) is 24.1. The second-order valence-electron chi connectivity index (χ2n) is 7.59. The molecule has 0 aliphatic heterocycles. The molecule has 0 aliphatic carbocycles. The molecular weight excluding hydrogens is 396 g/mol. The van der Waals surface area contributed by atoms with Crippen LogP contribution in [0.2, 0.25) is 0 Å². The summed E-state index contributed by atoms with van der Waals surface area (Å²) in [5, 5.41) is 2.96. The normalized spacial score (nSPS) is 13.5. The molecule has 0 saturated carbocycles. The molecule has 3 N–H and O–H groups in total. The zero-order chi connectivity index (χ0) is 20.1. The summed E-state index contributed by atoms with van der Waals surface area (Å²) >= 11 is 0. The number of amides is 1. The third-order valence-electron chi connectivity index (χ3n) is 4.38. The number of sulfone groups is 1. The highest BCUT2D eigenvalue weighted by Crippen LogP contribution is 2.20. The summed E-state index contributed by atoms with van der Waals surface area (Å²) in [7, 11) is -3.54. The van der Waals surface area contributed by atoms with Crippen LogP contribution < -0.4 is 11.1 Å². The van der Waals surface area contributed by atoms with Crippen LogP contribution >= 0.6 is 12.4 Å². The van der Waals surface area contributed by atoms with Gasteiger partial charge in [-0.15, -0.1) is 12.4 Å². The van der Waals surface area contributed by atoms with Crippen molar-refractivity contribution in [2.24, 2.45) is 11.7 Å². The molecule has 0 spiro atoms. The van der Waals surface area contributed by atoms with Crippen molar-refractivity contribution >= 4 is 28.2 Å². The summed E-state index contributed by atoms with van der Waals surface area (Å²) in [4.78, 5) is 12.8. The van der Waals surface area contributed by atoms with E-state index in [0.717, 1.165) is 6.42 Å². The number of rotatable bonds is 8. The molecule has 28 heavy (non-hydrogen) atoms. The maximum Gasteiger partial charge on any atom is 0.251 e. The van der Waals surface area contributed by atoms with Crippen LogP contribution in [0.15, 0.2) is 59.5 Å². The van der Waals surface area contributed by atoms with Gasteiger partial charge in [0.05, 0.1) is 10.6 Å². The number of hydrogen-bond acceptors (Lipinski definition) is 4. The van der Waals surface area contributed by atoms with Gasteiger partial charge in [-0.1, -0.05) is 50.2 Å². The van der Waals surface area contributed by atoms with Gasteiger partial charge in [0.1, 0.15) is 0 Å². The summed E-state index contributed by atoms with van der Waals surface area (Å²) in [6.07, 6.45) is 0.737. The Morgan fingerprint density at radius 3 is 2.32 bits per heavy atom. The molecule has 0 fully saturated rings. The van der Waals surface area contributed by atoms with Crippen LogP contribution in [-0.2, 0) is 15.6 Å². The van der Waals surface area contributed by atoms with Crippen molar-refractivity contribution in [3.8, 4) is 0 Å². The number of carbonyl (C=O) groups is 1. The van der Waals surface area contributed by atoms with Crippen molar-refractivity contribution in [3.63, 3.8) is 0 Å². The van der Waals surface area contributed by atoms with Crippen LogP contribution in [0.3, 0.4) is 0 Å². The Bertz CT molecular complexity index is 886. The van der Waals surface area contributed by atoms with Crippen LogP contribution in [0.25, 0.3) is 0 Å². The fraction of sp³-hybridized carbons (Fsp3) is 0.381. The second kappa shape index (κ2) is 10.0. The lowest BCUT2D eigenvalue weighted by atomic mass is 9.90. The Labute approximate surface area is 174 Å². The van der Waals surface area contributed by atoms with Crippen molar-refractivity contribution in [1.29, 1.82) is 0 Å². The summed E-state index contributed by atoms with van der Waals surface area (Å²) in [6, 6.07) is 15.1. The molecule has 0 bridgehead atoms. The molecule has 7 heteroatoms. The van der Waals surface area contributed by atoms with Crippen molar-refractivity contribution in [3.05, 3.63) is 65.7 Å². The predicted molar refractivity (Wildman–Crippen MR) is 115 cm³/mol. The van der Waals surface area contributed by atoms with Crippen LogP contribution in [-0.4, -0.2) is 26.4 Å². The number of nitrogens with one attached hydrogen (secondary N) is 1. The fourth-order valence-electron chi connectivity index (χ4n) is 3.14. The molecule has 154 valence electrons. The standard InChI is InChI=1S/C21H28N2O3S.ClH/c1-16(2)13-21(3,15-22)23-20(24)18-10-7-11-19(12-18)27(25,26)14-17-8-5-4-6-9-17;/h4-12,16H,13-15,22H2,1-3H3,(H,23,24);1H. The molecule has 0 radical (unpaired) electrons. The van der Waals surface area contributed by atoms with E-state index in [4.69, 9.17) is 5.73 Å². The first-order valence-electron chi connectivity index (χ1n) is 9.04. The van der Waals surface area contributed by atoms with Crippen molar-refractivity contribution in [2.75, 3.05) is 6.54 Å². The number of benzene rings is 2. The van der Waals surface area contributed by atoms with E-state index in [1.165, 1.54) is 12.1 Å². The van der Waals surface area contributed by atoms with E-state index < -0.39 is 15.4 Å². The maximum absolute atomic E-state index is 12.7. The van der Waals surface area contributed by atoms with Crippen LogP contribution in [0, 0.1) is 5.92 Å². The highest BCUT2D eigenvalue weighted by Gasteiger charge is 2.27. The molecule has 0 aromatic heterocycles.